The molecule has 6 heteroatoms. The summed E-state index contributed by atoms with van der Waals surface area (Å²) in [5, 5.41) is 12.4. The van der Waals surface area contributed by atoms with E-state index in [9.17, 15) is 14.7 Å². The fourth-order valence-electron chi connectivity index (χ4n) is 6.21. The van der Waals surface area contributed by atoms with Crippen molar-refractivity contribution < 1.29 is 19.4 Å². The molecule has 0 aliphatic heterocycles. The molecule has 0 bridgehead atoms. The highest BCUT2D eigenvalue weighted by Crippen LogP contribution is 2.19. The number of rotatable bonds is 36. The number of hydrogen-bond donors (Lipinski definition) is 2. The Bertz CT molecular complexity index is 683. The maximum atomic E-state index is 12.7. The largest absolute Gasteiger partial charge is 0.462 e. The van der Waals surface area contributed by atoms with Crippen LogP contribution < -0.4 is 5.32 Å². The van der Waals surface area contributed by atoms with E-state index in [1.807, 2.05) is 0 Å². The van der Waals surface area contributed by atoms with Crippen molar-refractivity contribution in [2.75, 3.05) is 32.8 Å². The third-order valence-electron chi connectivity index (χ3n) is 9.69. The van der Waals surface area contributed by atoms with Crippen molar-refractivity contribution in [1.82, 2.24) is 10.2 Å². The molecule has 0 aliphatic carbocycles. The van der Waals surface area contributed by atoms with Crippen molar-refractivity contribution in [2.45, 2.75) is 214 Å². The summed E-state index contributed by atoms with van der Waals surface area (Å²) in [5.41, 5.74) is -0.724. The van der Waals surface area contributed by atoms with Gasteiger partial charge in [-0.15, -0.1) is 0 Å². The molecule has 0 aliphatic rings. The van der Waals surface area contributed by atoms with Crippen LogP contribution in [0.1, 0.15) is 208 Å². The van der Waals surface area contributed by atoms with Crippen molar-refractivity contribution in [3.05, 3.63) is 0 Å². The zero-order valence-corrected chi connectivity index (χ0v) is 32.3. The van der Waals surface area contributed by atoms with Gasteiger partial charge in [0.05, 0.1) is 12.0 Å². The maximum absolute atomic E-state index is 12.7. The number of carbonyl (C=O) groups excluding carboxylic acids is 2. The maximum Gasteiger partial charge on any atom is 0.306 e. The Kier molecular flexibility index (Phi) is 32.6. The molecule has 1 amide bonds. The summed E-state index contributed by atoms with van der Waals surface area (Å²) < 4.78 is 6.04. The van der Waals surface area contributed by atoms with Crippen LogP contribution in [-0.2, 0) is 14.3 Å². The molecule has 0 saturated carbocycles. The monoisotopic (exact) mass is 667 g/mol. The fourth-order valence-corrected chi connectivity index (χ4v) is 6.21. The van der Waals surface area contributed by atoms with E-state index in [4.69, 9.17) is 4.74 Å². The molecule has 0 unspecified atom stereocenters. The van der Waals surface area contributed by atoms with Gasteiger partial charge in [-0.3, -0.25) is 9.59 Å². The molecule has 0 radical (unpaired) electrons. The summed E-state index contributed by atoms with van der Waals surface area (Å²) in [4.78, 5) is 27.6. The van der Waals surface area contributed by atoms with E-state index < -0.39 is 5.41 Å². The normalized spacial score (nSPS) is 11.9. The molecule has 0 spiro atoms. The molecule has 0 saturated heterocycles. The number of aliphatic hydroxyl groups is 1. The predicted molar refractivity (Wildman–Crippen MR) is 202 cm³/mol. The highest BCUT2D eigenvalue weighted by atomic mass is 16.5. The van der Waals surface area contributed by atoms with Crippen LogP contribution in [0.3, 0.4) is 0 Å². The van der Waals surface area contributed by atoms with Crippen molar-refractivity contribution in [2.24, 2.45) is 5.41 Å². The van der Waals surface area contributed by atoms with Crippen molar-refractivity contribution in [1.29, 1.82) is 0 Å². The number of amides is 1. The Morgan fingerprint density at radius 3 is 1.47 bits per heavy atom. The fraction of sp³-hybridized carbons (Fsp3) is 0.951. The van der Waals surface area contributed by atoms with Crippen molar-refractivity contribution in [3.8, 4) is 0 Å². The molecule has 0 aromatic carbocycles. The van der Waals surface area contributed by atoms with E-state index in [0.717, 1.165) is 51.7 Å². The lowest BCUT2D eigenvalue weighted by atomic mass is 9.94. The zero-order valence-electron chi connectivity index (χ0n) is 32.3. The van der Waals surface area contributed by atoms with Gasteiger partial charge in [0.15, 0.2) is 0 Å². The molecular formula is C41H82N2O4. The molecule has 47 heavy (non-hydrogen) atoms. The Morgan fingerprint density at radius 2 is 1.00 bits per heavy atom. The quantitative estimate of drug-likeness (QED) is 0.0514. The van der Waals surface area contributed by atoms with Crippen LogP contribution in [0.5, 0.6) is 0 Å². The summed E-state index contributed by atoms with van der Waals surface area (Å²) in [6.07, 6.45) is 32.5. The SMILES string of the molecule is CCCCCCCCC(CCCCCCCC)OC(=O)CCCCCCCN(CCCCCCCC)CCCNC(=O)C(C)(C)CO. The highest BCUT2D eigenvalue weighted by Gasteiger charge is 2.26. The molecule has 280 valence electrons. The lowest BCUT2D eigenvalue weighted by molar-refractivity contribution is -0.150. The Balaban J connectivity index is 4.39. The van der Waals surface area contributed by atoms with Crippen LogP contribution in [-0.4, -0.2) is 60.8 Å². The van der Waals surface area contributed by atoms with Crippen LogP contribution in [0.25, 0.3) is 0 Å². The molecule has 0 aromatic heterocycles. The Morgan fingerprint density at radius 1 is 0.596 bits per heavy atom. The third kappa shape index (κ3) is 29.5. The molecule has 6 nitrogen and oxygen atoms in total. The summed E-state index contributed by atoms with van der Waals surface area (Å²) in [5.74, 6) is -0.0518. The highest BCUT2D eigenvalue weighted by molar-refractivity contribution is 5.81. The molecule has 0 heterocycles. The van der Waals surface area contributed by atoms with Crippen LogP contribution >= 0.6 is 0 Å². The number of aliphatic hydroxyl groups excluding tert-OH is 1. The number of carbonyl (C=O) groups is 2. The van der Waals surface area contributed by atoms with E-state index in [1.165, 1.54) is 135 Å². The predicted octanol–water partition coefficient (Wildman–Crippen LogP) is 10.9. The Labute approximate surface area is 293 Å². The van der Waals surface area contributed by atoms with E-state index in [2.05, 4.69) is 31.0 Å². The summed E-state index contributed by atoms with van der Waals surface area (Å²) >= 11 is 0. The average Bonchev–Trinajstić information content (AvgIpc) is 3.06. The van der Waals surface area contributed by atoms with Gasteiger partial charge >= 0.3 is 5.97 Å². The summed E-state index contributed by atoms with van der Waals surface area (Å²) in [6, 6.07) is 0. The van der Waals surface area contributed by atoms with Gasteiger partial charge in [-0.1, -0.05) is 136 Å². The van der Waals surface area contributed by atoms with Crippen molar-refractivity contribution in [3.63, 3.8) is 0 Å². The van der Waals surface area contributed by atoms with Gasteiger partial charge in [-0.2, -0.15) is 0 Å². The van der Waals surface area contributed by atoms with Gasteiger partial charge in [0, 0.05) is 13.0 Å². The number of nitrogens with one attached hydrogen (secondary N) is 1. The molecular weight excluding hydrogens is 584 g/mol. The van der Waals surface area contributed by atoms with Crippen LogP contribution in [0.15, 0.2) is 0 Å². The zero-order chi connectivity index (χ0) is 34.9. The van der Waals surface area contributed by atoms with Crippen LogP contribution in [0, 0.1) is 5.41 Å². The van der Waals surface area contributed by atoms with Gasteiger partial charge in [0.1, 0.15) is 6.10 Å². The van der Waals surface area contributed by atoms with E-state index in [1.54, 1.807) is 13.8 Å². The van der Waals surface area contributed by atoms with Gasteiger partial charge in [-0.05, 0) is 84.8 Å². The third-order valence-corrected chi connectivity index (χ3v) is 9.69. The van der Waals surface area contributed by atoms with E-state index in [0.29, 0.717) is 13.0 Å². The molecule has 0 fully saturated rings. The number of unbranched alkanes of at least 4 members (excludes halogenated alkanes) is 19. The second-order valence-corrected chi connectivity index (χ2v) is 15.0. The second-order valence-electron chi connectivity index (χ2n) is 15.0. The molecule has 2 N–H and O–H groups in total. The molecule has 0 atom stereocenters. The van der Waals surface area contributed by atoms with Crippen LogP contribution in [0.4, 0.5) is 0 Å². The lowest BCUT2D eigenvalue weighted by Gasteiger charge is -2.24. The number of ether oxygens (including phenoxy) is 1. The average molecular weight is 667 g/mol. The molecule has 0 aromatic rings. The second kappa shape index (κ2) is 33.4. The first kappa shape index (κ1) is 45.9. The minimum absolute atomic E-state index is 0.0199. The van der Waals surface area contributed by atoms with E-state index >= 15 is 0 Å². The number of nitrogens with zero attached hydrogens (tertiary/aromatic N) is 1. The summed E-state index contributed by atoms with van der Waals surface area (Å²) in [7, 11) is 0. The number of hydrogen-bond acceptors (Lipinski definition) is 5. The topological polar surface area (TPSA) is 78.9 Å². The van der Waals surface area contributed by atoms with Crippen molar-refractivity contribution >= 4 is 11.9 Å². The first-order chi connectivity index (χ1) is 22.8. The Hall–Kier alpha value is -1.14. The van der Waals surface area contributed by atoms with Gasteiger partial charge in [0.25, 0.3) is 0 Å². The van der Waals surface area contributed by atoms with Gasteiger partial charge in [0.2, 0.25) is 5.91 Å². The first-order valence-electron chi connectivity index (χ1n) is 20.6. The number of esters is 1. The minimum Gasteiger partial charge on any atom is -0.462 e. The standard InChI is InChI=1S/C41H82N2O4/c1-6-9-12-15-19-24-30-38(31-25-20-16-13-10-7-2)47-39(45)32-26-21-18-23-28-35-43(34-27-22-17-14-11-8-3)36-29-33-42-40(46)41(4,5)37-44/h38,44H,6-37H2,1-5H3,(H,42,46). The lowest BCUT2D eigenvalue weighted by Crippen LogP contribution is -2.40. The smallest absolute Gasteiger partial charge is 0.306 e. The summed E-state index contributed by atoms with van der Waals surface area (Å²) in [6.45, 7) is 14.1. The van der Waals surface area contributed by atoms with Gasteiger partial charge < -0.3 is 20.1 Å². The molecule has 0 rings (SSSR count). The van der Waals surface area contributed by atoms with E-state index in [-0.39, 0.29) is 24.6 Å². The first-order valence-corrected chi connectivity index (χ1v) is 20.6. The minimum atomic E-state index is -0.724. The van der Waals surface area contributed by atoms with Crippen LogP contribution in [0.2, 0.25) is 0 Å². The van der Waals surface area contributed by atoms with Gasteiger partial charge in [-0.25, -0.2) is 0 Å².